The lowest BCUT2D eigenvalue weighted by molar-refractivity contribution is -0.166. The fourth-order valence-electron chi connectivity index (χ4n) is 3.55. The molecular weight excluding hydrogens is 534 g/mol. The highest BCUT2D eigenvalue weighted by molar-refractivity contribution is 5.84. The molecule has 4 amide bonds. The number of nitrogens with two attached hydrogens (primary N) is 1. The van der Waals surface area contributed by atoms with Crippen LogP contribution in [0.15, 0.2) is 0 Å². The molecule has 0 aliphatic rings. The van der Waals surface area contributed by atoms with Crippen LogP contribution in [-0.4, -0.2) is 93.5 Å². The molecule has 0 radical (unpaired) electrons. The summed E-state index contributed by atoms with van der Waals surface area (Å²) in [6.07, 6.45) is 11.2. The molecule has 240 valence electrons. The van der Waals surface area contributed by atoms with Gasteiger partial charge in [0.2, 0.25) is 23.6 Å². The molecule has 0 fully saturated rings. The van der Waals surface area contributed by atoms with Crippen LogP contribution < -0.4 is 11.1 Å². The van der Waals surface area contributed by atoms with E-state index in [-0.39, 0.29) is 49.8 Å². The Morgan fingerprint density at radius 2 is 1.22 bits per heavy atom. The average Bonchev–Trinajstić information content (AvgIpc) is 2.94. The molecule has 0 saturated carbocycles. The highest BCUT2D eigenvalue weighted by atomic mass is 16.5. The van der Waals surface area contributed by atoms with Gasteiger partial charge in [0.25, 0.3) is 0 Å². The average molecular weight is 590 g/mol. The molecule has 0 unspecified atom stereocenters. The van der Waals surface area contributed by atoms with Crippen molar-refractivity contribution in [3.8, 4) is 0 Å². The number of carbonyl (C=O) groups is 5. The second-order valence-electron chi connectivity index (χ2n) is 10.0. The standard InChI is InChI=1S/C16H32N2O3.C12H23N3O5/c1-2-3-4-5-7-10-15(19)11-12-16(20)18(21)14-9-6-8-13-17;1-10(16)15(20)9-5-3-4-8-13-11(17)6-7-12(18)14(2)19/h21H,2-14,17H2,1H3;19-20H,3-9H2,1-2H3,(H,13,17). The smallest absolute Gasteiger partial charge is 0.246 e. The molecule has 0 aromatic heterocycles. The topological polar surface area (TPSA) is 194 Å². The van der Waals surface area contributed by atoms with Crippen molar-refractivity contribution >= 4 is 29.4 Å². The highest BCUT2D eigenvalue weighted by Crippen LogP contribution is 2.08. The summed E-state index contributed by atoms with van der Waals surface area (Å²) in [6, 6.07) is 0. The third kappa shape index (κ3) is 27.3. The molecule has 0 spiro atoms. The molecule has 0 aromatic carbocycles. The lowest BCUT2D eigenvalue weighted by atomic mass is 10.1. The monoisotopic (exact) mass is 589 g/mol. The number of unbranched alkanes of at least 4 members (excludes halogenated alkanes) is 8. The third-order valence-corrected chi connectivity index (χ3v) is 6.20. The Hall–Kier alpha value is -2.61. The van der Waals surface area contributed by atoms with Gasteiger partial charge < -0.3 is 11.1 Å². The minimum atomic E-state index is -0.507. The zero-order valence-corrected chi connectivity index (χ0v) is 25.4. The fourth-order valence-corrected chi connectivity index (χ4v) is 3.55. The van der Waals surface area contributed by atoms with E-state index in [9.17, 15) is 29.2 Å². The molecule has 13 nitrogen and oxygen atoms in total. The van der Waals surface area contributed by atoms with Gasteiger partial charge in [-0.05, 0) is 45.1 Å². The van der Waals surface area contributed by atoms with Gasteiger partial charge in [0.05, 0.1) is 0 Å². The molecule has 0 aromatic rings. The summed E-state index contributed by atoms with van der Waals surface area (Å²) in [5.41, 5.74) is 5.37. The number of hydrogen-bond acceptors (Lipinski definition) is 9. The second kappa shape index (κ2) is 27.6. The first-order chi connectivity index (χ1) is 19.5. The van der Waals surface area contributed by atoms with Crippen LogP contribution in [0.2, 0.25) is 0 Å². The predicted molar refractivity (Wildman–Crippen MR) is 154 cm³/mol. The first-order valence-electron chi connectivity index (χ1n) is 14.9. The number of amides is 4. The number of hydrogen-bond donors (Lipinski definition) is 5. The first kappa shape index (κ1) is 40.5. The summed E-state index contributed by atoms with van der Waals surface area (Å²) < 4.78 is 0. The van der Waals surface area contributed by atoms with Gasteiger partial charge in [-0.1, -0.05) is 39.0 Å². The molecule has 6 N–H and O–H groups in total. The number of nitrogens with zero attached hydrogens (tertiary/aromatic N) is 3. The summed E-state index contributed by atoms with van der Waals surface area (Å²) in [7, 11) is 1.21. The Bertz CT molecular complexity index is 736. The van der Waals surface area contributed by atoms with E-state index in [1.807, 2.05) is 0 Å². The number of carbonyl (C=O) groups excluding carboxylic acids is 5. The van der Waals surface area contributed by atoms with Crippen LogP contribution in [0.4, 0.5) is 0 Å². The van der Waals surface area contributed by atoms with Crippen LogP contribution in [-0.2, 0) is 24.0 Å². The van der Waals surface area contributed by atoms with Crippen molar-refractivity contribution < 1.29 is 39.6 Å². The summed E-state index contributed by atoms with van der Waals surface area (Å²) >= 11 is 0. The number of ketones is 1. The van der Waals surface area contributed by atoms with Crippen molar-refractivity contribution in [2.24, 2.45) is 5.73 Å². The van der Waals surface area contributed by atoms with Gasteiger partial charge in [0.15, 0.2) is 0 Å². The van der Waals surface area contributed by atoms with E-state index in [2.05, 4.69) is 12.2 Å². The van der Waals surface area contributed by atoms with Crippen molar-refractivity contribution in [2.75, 3.05) is 33.2 Å². The van der Waals surface area contributed by atoms with E-state index in [1.165, 1.54) is 33.2 Å². The fraction of sp³-hybridized carbons (Fsp3) is 0.821. The van der Waals surface area contributed by atoms with Gasteiger partial charge in [-0.2, -0.15) is 0 Å². The van der Waals surface area contributed by atoms with E-state index in [0.29, 0.717) is 42.6 Å². The Morgan fingerprint density at radius 3 is 1.80 bits per heavy atom. The van der Waals surface area contributed by atoms with Crippen LogP contribution in [0, 0.1) is 0 Å². The quantitative estimate of drug-likeness (QED) is 0.0676. The Morgan fingerprint density at radius 1 is 0.659 bits per heavy atom. The number of nitrogens with one attached hydrogen (secondary N) is 1. The van der Waals surface area contributed by atoms with Crippen molar-refractivity contribution in [1.82, 2.24) is 20.5 Å². The third-order valence-electron chi connectivity index (χ3n) is 6.20. The lowest BCUT2D eigenvalue weighted by Crippen LogP contribution is -2.28. The van der Waals surface area contributed by atoms with Gasteiger partial charge in [0, 0.05) is 65.7 Å². The zero-order chi connectivity index (χ0) is 31.5. The molecule has 0 bridgehead atoms. The van der Waals surface area contributed by atoms with Gasteiger partial charge in [0.1, 0.15) is 5.78 Å². The Kier molecular flexibility index (Phi) is 27.2. The number of Topliss-reactive ketones (excluding diaryl/α,β-unsaturated/α-hetero) is 1. The van der Waals surface area contributed by atoms with Crippen molar-refractivity contribution in [1.29, 1.82) is 0 Å². The molecule has 0 heterocycles. The Labute approximate surface area is 245 Å². The normalized spacial score (nSPS) is 10.3. The molecule has 13 heteroatoms. The maximum Gasteiger partial charge on any atom is 0.246 e. The van der Waals surface area contributed by atoms with Crippen molar-refractivity contribution in [3.63, 3.8) is 0 Å². The van der Waals surface area contributed by atoms with Crippen LogP contribution in [0.5, 0.6) is 0 Å². The maximum absolute atomic E-state index is 11.6. The first-order valence-corrected chi connectivity index (χ1v) is 14.9. The summed E-state index contributed by atoms with van der Waals surface area (Å²) in [5.74, 6) is -1.38. The zero-order valence-electron chi connectivity index (χ0n) is 25.4. The predicted octanol–water partition coefficient (Wildman–Crippen LogP) is 3.18. The molecule has 0 aliphatic heterocycles. The molecule has 0 rings (SSSR count). The van der Waals surface area contributed by atoms with Crippen LogP contribution in [0.25, 0.3) is 0 Å². The van der Waals surface area contributed by atoms with E-state index in [1.54, 1.807) is 0 Å². The molecule has 41 heavy (non-hydrogen) atoms. The van der Waals surface area contributed by atoms with Crippen LogP contribution >= 0.6 is 0 Å². The van der Waals surface area contributed by atoms with E-state index >= 15 is 0 Å². The SMILES string of the molecule is CC(=O)N(O)CCCCCNC(=O)CCC(=O)N(C)O.CCCCCCCC(=O)CCC(=O)N(O)CCCCCN. The molecular formula is C28H55N5O8. The Balaban J connectivity index is 0. The van der Waals surface area contributed by atoms with E-state index in [4.69, 9.17) is 16.1 Å². The number of hydroxylamine groups is 6. The minimum Gasteiger partial charge on any atom is -0.356 e. The number of rotatable bonds is 23. The van der Waals surface area contributed by atoms with Crippen LogP contribution in [0.3, 0.4) is 0 Å². The summed E-state index contributed by atoms with van der Waals surface area (Å²) in [4.78, 5) is 56.3. The van der Waals surface area contributed by atoms with Crippen LogP contribution in [0.1, 0.15) is 117 Å². The van der Waals surface area contributed by atoms with Crippen molar-refractivity contribution in [2.45, 2.75) is 117 Å². The maximum atomic E-state index is 11.6. The minimum absolute atomic E-state index is 0.0308. The van der Waals surface area contributed by atoms with Gasteiger partial charge in [-0.3, -0.25) is 39.6 Å². The lowest BCUT2D eigenvalue weighted by Gasteiger charge is -2.14. The second-order valence-corrected chi connectivity index (χ2v) is 10.0. The van der Waals surface area contributed by atoms with E-state index < -0.39 is 11.8 Å². The largest absolute Gasteiger partial charge is 0.356 e. The van der Waals surface area contributed by atoms with E-state index in [0.717, 1.165) is 50.0 Å². The highest BCUT2D eigenvalue weighted by Gasteiger charge is 2.13. The van der Waals surface area contributed by atoms with Gasteiger partial charge in [-0.15, -0.1) is 0 Å². The molecule has 0 aliphatic carbocycles. The molecule has 0 saturated heterocycles. The van der Waals surface area contributed by atoms with Gasteiger partial charge in [-0.25, -0.2) is 15.2 Å². The van der Waals surface area contributed by atoms with Crippen molar-refractivity contribution in [3.05, 3.63) is 0 Å². The summed E-state index contributed by atoms with van der Waals surface area (Å²) in [5, 5.41) is 32.0. The molecule has 0 atom stereocenters. The van der Waals surface area contributed by atoms with Gasteiger partial charge >= 0.3 is 0 Å². The summed E-state index contributed by atoms with van der Waals surface area (Å²) in [6.45, 7) is 5.16.